The summed E-state index contributed by atoms with van der Waals surface area (Å²) in [5.74, 6) is 0.207. The first-order chi connectivity index (χ1) is 14.2. The van der Waals surface area contributed by atoms with Gasteiger partial charge in [-0.1, -0.05) is 48.0 Å². The monoisotopic (exact) mass is 447 g/mol. The highest BCUT2D eigenvalue weighted by Crippen LogP contribution is 2.32. The number of hydrogen-bond acceptors (Lipinski definition) is 5. The van der Waals surface area contributed by atoms with E-state index in [1.165, 1.54) is 5.56 Å². The van der Waals surface area contributed by atoms with E-state index in [-0.39, 0.29) is 16.4 Å². The lowest BCUT2D eigenvalue weighted by Crippen LogP contribution is -2.49. The van der Waals surface area contributed by atoms with Crippen LogP contribution in [0.25, 0.3) is 0 Å². The van der Waals surface area contributed by atoms with Gasteiger partial charge in [-0.05, 0) is 62.9 Å². The zero-order valence-corrected chi connectivity index (χ0v) is 18.9. The van der Waals surface area contributed by atoms with Crippen molar-refractivity contribution in [2.75, 3.05) is 24.6 Å². The van der Waals surface area contributed by atoms with Crippen LogP contribution in [-0.2, 0) is 26.1 Å². The Morgan fingerprint density at radius 1 is 0.933 bits per heavy atom. The Hall–Kier alpha value is -1.70. The molecule has 0 spiro atoms. The largest absolute Gasteiger partial charge is 0.298 e. The Bertz CT molecular complexity index is 1070. The van der Waals surface area contributed by atoms with E-state index in [2.05, 4.69) is 17.0 Å². The van der Waals surface area contributed by atoms with Crippen molar-refractivity contribution in [2.45, 2.75) is 42.4 Å². The second kappa shape index (κ2) is 8.44. The molecule has 2 aliphatic heterocycles. The van der Waals surface area contributed by atoms with E-state index in [1.807, 2.05) is 25.1 Å². The molecule has 0 N–H and O–H groups in total. The van der Waals surface area contributed by atoms with Crippen molar-refractivity contribution in [2.24, 2.45) is 5.92 Å². The maximum atomic E-state index is 13.3. The van der Waals surface area contributed by atoms with Gasteiger partial charge in [0.25, 0.3) is 0 Å². The van der Waals surface area contributed by atoms with Crippen molar-refractivity contribution < 1.29 is 16.8 Å². The van der Waals surface area contributed by atoms with Crippen molar-refractivity contribution in [1.29, 1.82) is 0 Å². The molecule has 0 unspecified atom stereocenters. The number of rotatable bonds is 5. The molecule has 0 aliphatic carbocycles. The molecule has 0 saturated carbocycles. The van der Waals surface area contributed by atoms with Crippen molar-refractivity contribution in [3.8, 4) is 0 Å². The summed E-state index contributed by atoms with van der Waals surface area (Å²) in [5, 5.41) is -0.893. The first kappa shape index (κ1) is 21.5. The Morgan fingerprint density at radius 2 is 1.57 bits per heavy atom. The number of aryl methyl sites for hydroxylation is 1. The smallest absolute Gasteiger partial charge is 0.183 e. The summed E-state index contributed by atoms with van der Waals surface area (Å²) < 4.78 is 51.5. The number of hydrogen-bond donors (Lipinski definition) is 0. The third-order valence-electron chi connectivity index (χ3n) is 6.51. The molecule has 2 fully saturated rings. The van der Waals surface area contributed by atoms with Gasteiger partial charge in [0.15, 0.2) is 19.7 Å². The van der Waals surface area contributed by atoms with Crippen LogP contribution in [0.2, 0.25) is 0 Å². The summed E-state index contributed by atoms with van der Waals surface area (Å²) in [5.41, 5.74) is 2.30. The van der Waals surface area contributed by atoms with Crippen molar-refractivity contribution in [3.05, 3.63) is 65.7 Å². The molecule has 2 atom stereocenters. The van der Waals surface area contributed by atoms with Crippen LogP contribution >= 0.6 is 0 Å². The van der Waals surface area contributed by atoms with Gasteiger partial charge in [-0.25, -0.2) is 16.8 Å². The maximum Gasteiger partial charge on any atom is 0.183 e. The van der Waals surface area contributed by atoms with E-state index < -0.39 is 31.0 Å². The van der Waals surface area contributed by atoms with Crippen LogP contribution in [-0.4, -0.2) is 57.6 Å². The van der Waals surface area contributed by atoms with Crippen LogP contribution in [0.1, 0.15) is 24.0 Å². The molecule has 162 valence electrons. The van der Waals surface area contributed by atoms with Crippen LogP contribution in [0, 0.1) is 12.8 Å². The highest BCUT2D eigenvalue weighted by molar-refractivity contribution is 7.96. The first-order valence-corrected chi connectivity index (χ1v) is 13.9. The van der Waals surface area contributed by atoms with Gasteiger partial charge in [0.1, 0.15) is 0 Å². The van der Waals surface area contributed by atoms with Gasteiger partial charge in [0, 0.05) is 6.04 Å². The minimum Gasteiger partial charge on any atom is -0.298 e. The third-order valence-corrected chi connectivity index (χ3v) is 10.6. The van der Waals surface area contributed by atoms with Gasteiger partial charge in [0.2, 0.25) is 0 Å². The van der Waals surface area contributed by atoms with E-state index in [0.29, 0.717) is 5.92 Å². The molecule has 2 aromatic carbocycles. The normalized spacial score (nSPS) is 25.4. The van der Waals surface area contributed by atoms with Gasteiger partial charge < -0.3 is 0 Å². The van der Waals surface area contributed by atoms with Crippen molar-refractivity contribution >= 4 is 19.7 Å². The fourth-order valence-corrected chi connectivity index (χ4v) is 9.60. The lowest BCUT2D eigenvalue weighted by Gasteiger charge is -2.37. The average molecular weight is 448 g/mol. The van der Waals surface area contributed by atoms with E-state index in [1.54, 1.807) is 24.3 Å². The average Bonchev–Trinajstić information content (AvgIpc) is 3.06. The van der Waals surface area contributed by atoms with Crippen LogP contribution in [0.5, 0.6) is 0 Å². The summed E-state index contributed by atoms with van der Waals surface area (Å²) in [6, 6.07) is 16.7. The molecular weight excluding hydrogens is 418 g/mol. The minimum atomic E-state index is -3.71. The minimum absolute atomic E-state index is 0.0634. The van der Waals surface area contributed by atoms with Gasteiger partial charge in [-0.2, -0.15) is 0 Å². The van der Waals surface area contributed by atoms with E-state index in [4.69, 9.17) is 0 Å². The predicted molar refractivity (Wildman–Crippen MR) is 119 cm³/mol. The number of benzene rings is 2. The molecular formula is C23H29NO4S2. The molecule has 2 aliphatic rings. The zero-order valence-electron chi connectivity index (χ0n) is 17.3. The predicted octanol–water partition coefficient (Wildman–Crippen LogP) is 2.89. The molecule has 5 nitrogen and oxygen atoms in total. The number of likely N-dealkylation sites (tertiary alicyclic amines) is 1. The Balaban J connectivity index is 1.49. The van der Waals surface area contributed by atoms with Crippen LogP contribution in [0.15, 0.2) is 59.5 Å². The summed E-state index contributed by atoms with van der Waals surface area (Å²) in [4.78, 5) is 2.33. The Morgan fingerprint density at radius 3 is 2.20 bits per heavy atom. The fourth-order valence-electron chi connectivity index (χ4n) is 4.77. The molecule has 2 saturated heterocycles. The van der Waals surface area contributed by atoms with Gasteiger partial charge >= 0.3 is 0 Å². The first-order valence-electron chi connectivity index (χ1n) is 10.5. The summed E-state index contributed by atoms with van der Waals surface area (Å²) in [7, 11) is -7.08. The van der Waals surface area contributed by atoms with E-state index in [9.17, 15) is 16.8 Å². The molecule has 0 bridgehead atoms. The topological polar surface area (TPSA) is 71.5 Å². The summed E-state index contributed by atoms with van der Waals surface area (Å²) in [6.45, 7) is 3.40. The van der Waals surface area contributed by atoms with Gasteiger partial charge in [-0.15, -0.1) is 0 Å². The van der Waals surface area contributed by atoms with E-state index in [0.717, 1.165) is 37.9 Å². The quantitative estimate of drug-likeness (QED) is 0.705. The molecule has 2 aromatic rings. The molecule has 2 heterocycles. The summed E-state index contributed by atoms with van der Waals surface area (Å²) >= 11 is 0. The number of piperidine rings is 1. The van der Waals surface area contributed by atoms with Crippen LogP contribution in [0.4, 0.5) is 0 Å². The second-order valence-corrected chi connectivity index (χ2v) is 13.0. The second-order valence-electron chi connectivity index (χ2n) is 8.71. The molecule has 7 heteroatoms. The maximum absolute atomic E-state index is 13.3. The Labute approximate surface area is 180 Å². The van der Waals surface area contributed by atoms with Crippen molar-refractivity contribution in [3.63, 3.8) is 0 Å². The number of sulfone groups is 2. The summed E-state index contributed by atoms with van der Waals surface area (Å²) in [6.07, 6.45) is 2.94. The lowest BCUT2D eigenvalue weighted by atomic mass is 9.89. The molecule has 0 amide bonds. The van der Waals surface area contributed by atoms with Gasteiger partial charge in [-0.3, -0.25) is 4.90 Å². The molecule has 4 rings (SSSR count). The fraction of sp³-hybridized carbons (Fsp3) is 0.478. The lowest BCUT2D eigenvalue weighted by molar-refractivity contribution is 0.144. The van der Waals surface area contributed by atoms with Crippen molar-refractivity contribution in [1.82, 2.24) is 4.90 Å². The Kier molecular flexibility index (Phi) is 6.06. The molecule has 0 aromatic heterocycles. The molecule has 0 radical (unpaired) electrons. The van der Waals surface area contributed by atoms with E-state index >= 15 is 0 Å². The molecule has 30 heavy (non-hydrogen) atoms. The van der Waals surface area contributed by atoms with Crippen LogP contribution < -0.4 is 0 Å². The SMILES string of the molecule is Cc1ccc(S(=O)(=O)[C@H]2CS(=O)(=O)C[C@@H]2N2CCC(Cc3ccccc3)CC2)cc1. The highest BCUT2D eigenvalue weighted by Gasteiger charge is 2.48. The standard InChI is InChI=1S/C23H29NO4S2/c1-18-7-9-21(10-8-18)30(27,28)23-17-29(25,26)16-22(23)24-13-11-20(12-14-24)15-19-5-3-2-4-6-19/h2-10,20,22-23H,11-17H2,1H3/t22-,23-/m0/s1. The third kappa shape index (κ3) is 4.63. The van der Waals surface area contributed by atoms with Gasteiger partial charge in [0.05, 0.1) is 21.7 Å². The zero-order chi connectivity index (χ0) is 21.4. The highest BCUT2D eigenvalue weighted by atomic mass is 32.2. The number of nitrogens with zero attached hydrogens (tertiary/aromatic N) is 1. The van der Waals surface area contributed by atoms with Crippen LogP contribution in [0.3, 0.4) is 0 Å².